The van der Waals surface area contributed by atoms with Gasteiger partial charge in [-0.25, -0.2) is 9.59 Å². The van der Waals surface area contributed by atoms with E-state index in [0.717, 1.165) is 33.9 Å². The number of ether oxygens (including phenoxy) is 2. The van der Waals surface area contributed by atoms with Gasteiger partial charge in [0, 0.05) is 11.6 Å². The molecule has 0 unspecified atom stereocenters. The second-order valence-corrected chi connectivity index (χ2v) is 6.84. The standard InChI is InChI=1S/C27H22O4/c1-4-26(28)31-25-15-13-24(14-16-25)23-11-9-22(10-12-23)21-7-5-20(6-8-21)17-18-30-27(29)19(2)3/h4-18H,1-2H2,3H3/b18-17+. The third-order valence-corrected chi connectivity index (χ3v) is 4.49. The fraction of sp³-hybridized carbons (Fsp3) is 0.0370. The van der Waals surface area contributed by atoms with Crippen molar-refractivity contribution in [2.45, 2.75) is 6.92 Å². The van der Waals surface area contributed by atoms with E-state index in [4.69, 9.17) is 9.47 Å². The number of esters is 2. The molecule has 0 amide bonds. The molecule has 4 nitrogen and oxygen atoms in total. The number of carbonyl (C=O) groups is 2. The zero-order chi connectivity index (χ0) is 22.2. The first-order valence-electron chi connectivity index (χ1n) is 9.64. The summed E-state index contributed by atoms with van der Waals surface area (Å²) in [7, 11) is 0. The molecule has 0 bridgehead atoms. The lowest BCUT2D eigenvalue weighted by Crippen LogP contribution is -2.02. The Hall–Kier alpha value is -4.18. The molecule has 0 fully saturated rings. The fourth-order valence-corrected chi connectivity index (χ4v) is 2.79. The molecule has 0 spiro atoms. The third-order valence-electron chi connectivity index (χ3n) is 4.49. The van der Waals surface area contributed by atoms with Crippen molar-refractivity contribution in [1.29, 1.82) is 0 Å². The number of benzene rings is 3. The van der Waals surface area contributed by atoms with Crippen LogP contribution in [0.4, 0.5) is 0 Å². The Morgan fingerprint density at radius 2 is 1.23 bits per heavy atom. The van der Waals surface area contributed by atoms with E-state index in [0.29, 0.717) is 11.3 Å². The predicted octanol–water partition coefficient (Wildman–Crippen LogP) is 6.20. The van der Waals surface area contributed by atoms with Crippen LogP contribution in [0, 0.1) is 0 Å². The van der Waals surface area contributed by atoms with Gasteiger partial charge in [-0.15, -0.1) is 0 Å². The van der Waals surface area contributed by atoms with Crippen LogP contribution in [0.15, 0.2) is 104 Å². The van der Waals surface area contributed by atoms with Crippen molar-refractivity contribution in [3.05, 3.63) is 109 Å². The van der Waals surface area contributed by atoms with Gasteiger partial charge in [-0.2, -0.15) is 0 Å². The van der Waals surface area contributed by atoms with E-state index in [2.05, 4.69) is 25.3 Å². The molecule has 0 aliphatic carbocycles. The van der Waals surface area contributed by atoms with E-state index in [1.807, 2.05) is 48.5 Å². The van der Waals surface area contributed by atoms with Crippen LogP contribution in [-0.2, 0) is 14.3 Å². The van der Waals surface area contributed by atoms with Gasteiger partial charge >= 0.3 is 11.9 Å². The van der Waals surface area contributed by atoms with Gasteiger partial charge in [0.1, 0.15) is 5.75 Å². The smallest absolute Gasteiger partial charge is 0.337 e. The number of rotatable bonds is 7. The molecule has 0 saturated heterocycles. The summed E-state index contributed by atoms with van der Waals surface area (Å²) in [5.74, 6) is -0.444. The summed E-state index contributed by atoms with van der Waals surface area (Å²) in [6.45, 7) is 8.53. The monoisotopic (exact) mass is 410 g/mol. The minimum absolute atomic E-state index is 0.357. The van der Waals surface area contributed by atoms with Crippen molar-refractivity contribution < 1.29 is 19.1 Å². The zero-order valence-corrected chi connectivity index (χ0v) is 17.2. The first-order valence-corrected chi connectivity index (χ1v) is 9.64. The molecule has 0 aliphatic rings. The van der Waals surface area contributed by atoms with Crippen molar-refractivity contribution in [3.8, 4) is 28.0 Å². The van der Waals surface area contributed by atoms with Crippen LogP contribution in [0.3, 0.4) is 0 Å². The average molecular weight is 410 g/mol. The Morgan fingerprint density at radius 3 is 1.68 bits per heavy atom. The van der Waals surface area contributed by atoms with Gasteiger partial charge in [-0.05, 0) is 52.9 Å². The molecule has 3 aromatic carbocycles. The van der Waals surface area contributed by atoms with Gasteiger partial charge in [0.15, 0.2) is 0 Å². The maximum absolute atomic E-state index is 11.4. The molecular weight excluding hydrogens is 388 g/mol. The van der Waals surface area contributed by atoms with E-state index >= 15 is 0 Å². The summed E-state index contributed by atoms with van der Waals surface area (Å²) in [4.78, 5) is 22.6. The normalized spacial score (nSPS) is 10.5. The third kappa shape index (κ3) is 5.90. The molecule has 154 valence electrons. The molecule has 0 aliphatic heterocycles. The van der Waals surface area contributed by atoms with E-state index < -0.39 is 11.9 Å². The molecule has 0 atom stereocenters. The molecule has 0 N–H and O–H groups in total. The first kappa shape index (κ1) is 21.5. The van der Waals surface area contributed by atoms with Crippen molar-refractivity contribution in [2.75, 3.05) is 0 Å². The second-order valence-electron chi connectivity index (χ2n) is 6.84. The lowest BCUT2D eigenvalue weighted by molar-refractivity contribution is -0.133. The van der Waals surface area contributed by atoms with Crippen LogP contribution in [0.1, 0.15) is 12.5 Å². The SMILES string of the molecule is C=CC(=O)Oc1ccc(-c2ccc(-c3ccc(/C=C/OC(=O)C(=C)C)cc3)cc2)cc1. The zero-order valence-electron chi connectivity index (χ0n) is 17.2. The predicted molar refractivity (Wildman–Crippen MR) is 123 cm³/mol. The Labute approximate surface area is 181 Å². The van der Waals surface area contributed by atoms with E-state index in [1.165, 1.54) is 6.26 Å². The molecule has 3 rings (SSSR count). The summed E-state index contributed by atoms with van der Waals surface area (Å²) in [6, 6.07) is 23.5. The Balaban J connectivity index is 1.66. The molecule has 0 heterocycles. The molecule has 0 saturated carbocycles. The molecule has 0 radical (unpaired) electrons. The van der Waals surface area contributed by atoms with Crippen LogP contribution in [0.2, 0.25) is 0 Å². The molecular formula is C27H22O4. The van der Waals surface area contributed by atoms with Crippen molar-refractivity contribution in [2.24, 2.45) is 0 Å². The highest BCUT2D eigenvalue weighted by Gasteiger charge is 2.04. The highest BCUT2D eigenvalue weighted by Crippen LogP contribution is 2.26. The lowest BCUT2D eigenvalue weighted by Gasteiger charge is -2.07. The highest BCUT2D eigenvalue weighted by atomic mass is 16.5. The minimum Gasteiger partial charge on any atom is -0.431 e. The number of hydrogen-bond donors (Lipinski definition) is 0. The van der Waals surface area contributed by atoms with Crippen LogP contribution in [0.25, 0.3) is 28.3 Å². The first-order chi connectivity index (χ1) is 15.0. The van der Waals surface area contributed by atoms with E-state index in [1.54, 1.807) is 25.1 Å². The van der Waals surface area contributed by atoms with Crippen molar-refractivity contribution in [3.63, 3.8) is 0 Å². The van der Waals surface area contributed by atoms with Gasteiger partial charge in [0.05, 0.1) is 6.26 Å². The summed E-state index contributed by atoms with van der Waals surface area (Å²) >= 11 is 0. The van der Waals surface area contributed by atoms with Crippen molar-refractivity contribution in [1.82, 2.24) is 0 Å². The van der Waals surface area contributed by atoms with Gasteiger partial charge in [-0.3, -0.25) is 0 Å². The Morgan fingerprint density at radius 1 is 0.774 bits per heavy atom. The summed E-state index contributed by atoms with van der Waals surface area (Å²) in [5.41, 5.74) is 5.53. The van der Waals surface area contributed by atoms with Crippen LogP contribution < -0.4 is 4.74 Å². The molecule has 4 heteroatoms. The number of carbonyl (C=O) groups excluding carboxylic acids is 2. The van der Waals surface area contributed by atoms with E-state index in [9.17, 15) is 9.59 Å². The molecule has 31 heavy (non-hydrogen) atoms. The topological polar surface area (TPSA) is 52.6 Å². The fourth-order valence-electron chi connectivity index (χ4n) is 2.79. The maximum atomic E-state index is 11.4. The largest absolute Gasteiger partial charge is 0.431 e. The van der Waals surface area contributed by atoms with Gasteiger partial charge in [0.2, 0.25) is 0 Å². The second kappa shape index (κ2) is 10.0. The van der Waals surface area contributed by atoms with Crippen LogP contribution in [0.5, 0.6) is 5.75 Å². The Bertz CT molecular complexity index is 1120. The molecule has 0 aromatic heterocycles. The van der Waals surface area contributed by atoms with Crippen LogP contribution in [-0.4, -0.2) is 11.9 Å². The average Bonchev–Trinajstić information content (AvgIpc) is 2.80. The minimum atomic E-state index is -0.480. The van der Waals surface area contributed by atoms with E-state index in [-0.39, 0.29) is 0 Å². The maximum Gasteiger partial charge on any atom is 0.337 e. The van der Waals surface area contributed by atoms with Gasteiger partial charge in [0.25, 0.3) is 0 Å². The van der Waals surface area contributed by atoms with Crippen LogP contribution >= 0.6 is 0 Å². The highest BCUT2D eigenvalue weighted by molar-refractivity contribution is 5.87. The summed E-state index contributed by atoms with van der Waals surface area (Å²) in [6.07, 6.45) is 4.22. The molecule has 3 aromatic rings. The Kier molecular flexibility index (Phi) is 6.97. The summed E-state index contributed by atoms with van der Waals surface area (Å²) in [5, 5.41) is 0. The van der Waals surface area contributed by atoms with Gasteiger partial charge < -0.3 is 9.47 Å². The van der Waals surface area contributed by atoms with Gasteiger partial charge in [-0.1, -0.05) is 73.8 Å². The quantitative estimate of drug-likeness (QED) is 0.201. The van der Waals surface area contributed by atoms with Crippen molar-refractivity contribution >= 4 is 18.0 Å². The lowest BCUT2D eigenvalue weighted by atomic mass is 9.99. The summed E-state index contributed by atoms with van der Waals surface area (Å²) < 4.78 is 10.1. The number of hydrogen-bond acceptors (Lipinski definition) is 4.